The van der Waals surface area contributed by atoms with Gasteiger partial charge in [0.15, 0.2) is 5.96 Å². The van der Waals surface area contributed by atoms with Crippen LogP contribution in [0, 0.1) is 12.3 Å². The summed E-state index contributed by atoms with van der Waals surface area (Å²) in [4.78, 5) is 15.7. The number of carbonyl (C=O) groups excluding carboxylic acids is 1. The third kappa shape index (κ3) is 6.99. The van der Waals surface area contributed by atoms with Crippen molar-refractivity contribution in [1.29, 1.82) is 0 Å². The number of anilines is 2. The maximum atomic E-state index is 12.1. The van der Waals surface area contributed by atoms with Crippen LogP contribution >= 0.6 is 0 Å². The zero-order valence-electron chi connectivity index (χ0n) is 13.9. The number of nitrogens with zero attached hydrogens (tertiary/aromatic N) is 1. The molecule has 0 fully saturated rings. The average Bonchev–Trinajstić information content (AvgIpc) is 2.60. The van der Waals surface area contributed by atoms with E-state index in [0.29, 0.717) is 16.9 Å². The lowest BCUT2D eigenvalue weighted by atomic mass is 10.2. The summed E-state index contributed by atoms with van der Waals surface area (Å²) < 4.78 is 40.1. The molecule has 0 aromatic heterocycles. The molecule has 4 N–H and O–H groups in total. The second-order valence-electron chi connectivity index (χ2n) is 5.17. The molecule has 0 spiro atoms. The molecule has 6 nitrogen and oxygen atoms in total. The number of nitrogens with one attached hydrogen (secondary N) is 2. The van der Waals surface area contributed by atoms with E-state index in [1.165, 1.54) is 12.1 Å². The number of terminal acetylenes is 1. The minimum absolute atomic E-state index is 0.0768. The van der Waals surface area contributed by atoms with Crippen LogP contribution in [-0.2, 0) is 4.79 Å². The summed E-state index contributed by atoms with van der Waals surface area (Å²) >= 11 is 0. The van der Waals surface area contributed by atoms with Crippen molar-refractivity contribution in [2.75, 3.05) is 17.2 Å². The number of rotatable bonds is 5. The number of amides is 1. The van der Waals surface area contributed by atoms with Gasteiger partial charge in [0.2, 0.25) is 5.91 Å². The highest BCUT2D eigenvalue weighted by Crippen LogP contribution is 2.23. The number of ether oxygens (including phenoxy) is 1. The van der Waals surface area contributed by atoms with Crippen molar-refractivity contribution in [2.45, 2.75) is 6.36 Å². The molecule has 0 atom stereocenters. The lowest BCUT2D eigenvalue weighted by molar-refractivity contribution is -0.274. The number of alkyl halides is 3. The topological polar surface area (TPSA) is 88.7 Å². The standard InChI is InChI=1S/C18H15F3N4O2/c1-2-12-4-3-5-14(10-12)24-16(26)11-23-17(22)25-13-6-8-15(9-7-13)27-18(19,20)21/h1,3-10H,11H2,(H,24,26)(H3,22,23,25). The molecule has 0 heterocycles. The second-order valence-corrected chi connectivity index (χ2v) is 5.17. The molecule has 1 amide bonds. The normalized spacial score (nSPS) is 11.4. The number of aliphatic imine (C=N–C) groups is 1. The van der Waals surface area contributed by atoms with Crippen LogP contribution in [-0.4, -0.2) is 24.8 Å². The van der Waals surface area contributed by atoms with Crippen LogP contribution in [0.5, 0.6) is 5.75 Å². The van der Waals surface area contributed by atoms with Crippen LogP contribution in [0.3, 0.4) is 0 Å². The van der Waals surface area contributed by atoms with Gasteiger partial charge in [0, 0.05) is 16.9 Å². The van der Waals surface area contributed by atoms with E-state index in [1.54, 1.807) is 24.3 Å². The van der Waals surface area contributed by atoms with Gasteiger partial charge in [-0.2, -0.15) is 0 Å². The van der Waals surface area contributed by atoms with Gasteiger partial charge in [0.25, 0.3) is 0 Å². The molecule has 0 aliphatic rings. The number of halogens is 3. The Bertz CT molecular complexity index is 871. The minimum atomic E-state index is -4.76. The third-order valence-corrected chi connectivity index (χ3v) is 3.07. The van der Waals surface area contributed by atoms with Gasteiger partial charge in [-0.25, -0.2) is 4.99 Å². The summed E-state index contributed by atoms with van der Waals surface area (Å²) in [5.41, 5.74) is 7.18. The molecule has 0 aliphatic heterocycles. The lowest BCUT2D eigenvalue weighted by Gasteiger charge is -2.10. The van der Waals surface area contributed by atoms with Gasteiger partial charge < -0.3 is 21.1 Å². The highest BCUT2D eigenvalue weighted by molar-refractivity contribution is 5.97. The summed E-state index contributed by atoms with van der Waals surface area (Å²) in [6, 6.07) is 11.6. The van der Waals surface area contributed by atoms with Gasteiger partial charge in [0.05, 0.1) is 0 Å². The predicted molar refractivity (Wildman–Crippen MR) is 96.2 cm³/mol. The quantitative estimate of drug-likeness (QED) is 0.425. The Morgan fingerprint density at radius 1 is 1.15 bits per heavy atom. The van der Waals surface area contributed by atoms with Crippen LogP contribution in [0.2, 0.25) is 0 Å². The number of hydrogen-bond acceptors (Lipinski definition) is 3. The molecule has 27 heavy (non-hydrogen) atoms. The Morgan fingerprint density at radius 2 is 1.85 bits per heavy atom. The molecule has 0 aliphatic carbocycles. The second kappa shape index (κ2) is 8.62. The highest BCUT2D eigenvalue weighted by Gasteiger charge is 2.30. The Kier molecular flexibility index (Phi) is 6.27. The number of carbonyl (C=O) groups is 1. The average molecular weight is 376 g/mol. The van der Waals surface area contributed by atoms with E-state index < -0.39 is 12.3 Å². The number of nitrogens with two attached hydrogens (primary N) is 1. The Morgan fingerprint density at radius 3 is 2.48 bits per heavy atom. The van der Waals surface area contributed by atoms with E-state index in [9.17, 15) is 18.0 Å². The monoisotopic (exact) mass is 376 g/mol. The van der Waals surface area contributed by atoms with Crippen LogP contribution in [0.4, 0.5) is 24.5 Å². The zero-order chi connectivity index (χ0) is 19.9. The molecular weight excluding hydrogens is 361 g/mol. The summed E-state index contributed by atoms with van der Waals surface area (Å²) in [5.74, 6) is 1.60. The SMILES string of the molecule is C#Cc1cccc(NC(=O)CN=C(N)Nc2ccc(OC(F)(F)F)cc2)c1. The molecule has 0 saturated carbocycles. The molecule has 0 unspecified atom stereocenters. The number of hydrogen-bond donors (Lipinski definition) is 3. The smallest absolute Gasteiger partial charge is 0.406 e. The summed E-state index contributed by atoms with van der Waals surface area (Å²) in [6.45, 7) is -0.256. The Labute approximate surface area is 153 Å². The van der Waals surface area contributed by atoms with Crippen molar-refractivity contribution in [3.63, 3.8) is 0 Å². The van der Waals surface area contributed by atoms with Gasteiger partial charge in [-0.15, -0.1) is 19.6 Å². The van der Waals surface area contributed by atoms with E-state index in [1.807, 2.05) is 0 Å². The van der Waals surface area contributed by atoms with Gasteiger partial charge in [-0.1, -0.05) is 12.0 Å². The first kappa shape index (κ1) is 19.7. The number of guanidine groups is 1. The van der Waals surface area contributed by atoms with Gasteiger partial charge in [0.1, 0.15) is 12.3 Å². The van der Waals surface area contributed by atoms with E-state index in [0.717, 1.165) is 12.1 Å². The Balaban J connectivity index is 1.88. The molecule has 0 saturated heterocycles. The molecule has 2 aromatic carbocycles. The first-order valence-corrected chi connectivity index (χ1v) is 7.54. The predicted octanol–water partition coefficient (Wildman–Crippen LogP) is 2.93. The molecular formula is C18H15F3N4O2. The van der Waals surface area contributed by atoms with Crippen molar-refractivity contribution in [3.05, 3.63) is 54.1 Å². The van der Waals surface area contributed by atoms with Crippen LogP contribution in [0.1, 0.15) is 5.56 Å². The number of benzene rings is 2. The van der Waals surface area contributed by atoms with E-state index in [4.69, 9.17) is 12.2 Å². The maximum absolute atomic E-state index is 12.1. The van der Waals surface area contributed by atoms with Crippen molar-refractivity contribution in [3.8, 4) is 18.1 Å². The molecule has 2 aromatic rings. The zero-order valence-corrected chi connectivity index (χ0v) is 13.9. The van der Waals surface area contributed by atoms with Crippen molar-refractivity contribution < 1.29 is 22.7 Å². The van der Waals surface area contributed by atoms with E-state index in [2.05, 4.69) is 26.3 Å². The largest absolute Gasteiger partial charge is 0.573 e. The van der Waals surface area contributed by atoms with Crippen molar-refractivity contribution in [2.24, 2.45) is 10.7 Å². The van der Waals surface area contributed by atoms with Crippen LogP contribution < -0.4 is 21.1 Å². The highest BCUT2D eigenvalue weighted by atomic mass is 19.4. The summed E-state index contributed by atoms with van der Waals surface area (Å²) in [7, 11) is 0. The van der Waals surface area contributed by atoms with Gasteiger partial charge in [-0.3, -0.25) is 4.79 Å². The van der Waals surface area contributed by atoms with Crippen molar-refractivity contribution >= 4 is 23.2 Å². The molecule has 9 heteroatoms. The van der Waals surface area contributed by atoms with Crippen LogP contribution in [0.15, 0.2) is 53.5 Å². The van der Waals surface area contributed by atoms with Gasteiger partial charge in [-0.05, 0) is 42.5 Å². The lowest BCUT2D eigenvalue weighted by Crippen LogP contribution is -2.25. The molecule has 140 valence electrons. The maximum Gasteiger partial charge on any atom is 0.573 e. The fraction of sp³-hybridized carbons (Fsp3) is 0.111. The molecule has 0 radical (unpaired) electrons. The third-order valence-electron chi connectivity index (χ3n) is 3.07. The molecule has 0 bridgehead atoms. The molecule has 2 rings (SSSR count). The first-order valence-electron chi connectivity index (χ1n) is 7.54. The van der Waals surface area contributed by atoms with Crippen molar-refractivity contribution in [1.82, 2.24) is 0 Å². The first-order chi connectivity index (χ1) is 12.7. The fourth-order valence-corrected chi connectivity index (χ4v) is 1.97. The fourth-order valence-electron chi connectivity index (χ4n) is 1.97. The van der Waals surface area contributed by atoms with Gasteiger partial charge >= 0.3 is 6.36 Å². The summed E-state index contributed by atoms with van der Waals surface area (Å²) in [5, 5.41) is 5.27. The Hall–Kier alpha value is -3.67. The minimum Gasteiger partial charge on any atom is -0.406 e. The van der Waals surface area contributed by atoms with E-state index >= 15 is 0 Å². The summed E-state index contributed by atoms with van der Waals surface area (Å²) in [6.07, 6.45) is 0.526. The van der Waals surface area contributed by atoms with E-state index in [-0.39, 0.29) is 18.3 Å². The van der Waals surface area contributed by atoms with Crippen LogP contribution in [0.25, 0.3) is 0 Å².